The molecule has 0 aliphatic rings. The fraction of sp³-hybridized carbons (Fsp3) is 0.458. The molecule has 2 aromatic heterocycles. The minimum absolute atomic E-state index is 0.108. The fourth-order valence-corrected chi connectivity index (χ4v) is 3.96. The van der Waals surface area contributed by atoms with Gasteiger partial charge in [0.1, 0.15) is 5.56 Å². The molecule has 30 heavy (non-hydrogen) atoms. The van der Waals surface area contributed by atoms with Crippen molar-refractivity contribution >= 4 is 23.2 Å². The molecule has 1 amide bonds. The minimum atomic E-state index is -0.108. The van der Waals surface area contributed by atoms with Gasteiger partial charge in [0.15, 0.2) is 5.65 Å². The maximum Gasteiger partial charge on any atom is 0.256 e. The van der Waals surface area contributed by atoms with Crippen LogP contribution in [0.3, 0.4) is 0 Å². The van der Waals surface area contributed by atoms with Crippen molar-refractivity contribution in [1.82, 2.24) is 19.9 Å². The van der Waals surface area contributed by atoms with Gasteiger partial charge in [-0.2, -0.15) is 5.10 Å². The lowest BCUT2D eigenvalue weighted by Gasteiger charge is -2.12. The van der Waals surface area contributed by atoms with Crippen molar-refractivity contribution < 1.29 is 4.79 Å². The van der Waals surface area contributed by atoms with Crippen molar-refractivity contribution in [2.24, 2.45) is 0 Å². The van der Waals surface area contributed by atoms with Crippen LogP contribution >= 0.6 is 11.6 Å². The molecular weight excluding hydrogens is 396 g/mol. The number of unbranched alkanes of at least 4 members (excludes halogenated alkanes) is 5. The lowest BCUT2D eigenvalue weighted by atomic mass is 10.0. The molecule has 1 aromatic carbocycles. The van der Waals surface area contributed by atoms with Gasteiger partial charge in [-0.1, -0.05) is 68.8 Å². The van der Waals surface area contributed by atoms with Crippen molar-refractivity contribution in [3.8, 4) is 0 Å². The first kappa shape index (κ1) is 22.3. The van der Waals surface area contributed by atoms with Crippen LogP contribution in [-0.4, -0.2) is 27.0 Å². The molecule has 0 bridgehead atoms. The number of hydrogen-bond donors (Lipinski definition) is 1. The molecule has 5 nitrogen and oxygen atoms in total. The number of rotatable bonds is 10. The van der Waals surface area contributed by atoms with Gasteiger partial charge in [-0.15, -0.1) is 0 Å². The summed E-state index contributed by atoms with van der Waals surface area (Å²) in [6, 6.07) is 7.83. The zero-order chi connectivity index (χ0) is 21.5. The monoisotopic (exact) mass is 426 g/mol. The zero-order valence-electron chi connectivity index (χ0n) is 18.2. The topological polar surface area (TPSA) is 59.3 Å². The number of halogens is 1. The Morgan fingerprint density at radius 3 is 2.60 bits per heavy atom. The van der Waals surface area contributed by atoms with Gasteiger partial charge in [-0.25, -0.2) is 9.50 Å². The van der Waals surface area contributed by atoms with Crippen LogP contribution in [0.5, 0.6) is 0 Å². The third-order valence-electron chi connectivity index (χ3n) is 5.59. The van der Waals surface area contributed by atoms with E-state index in [2.05, 4.69) is 17.3 Å². The molecule has 0 aliphatic carbocycles. The second-order valence-corrected chi connectivity index (χ2v) is 8.25. The minimum Gasteiger partial charge on any atom is -0.352 e. The van der Waals surface area contributed by atoms with E-state index in [0.29, 0.717) is 24.2 Å². The molecule has 160 valence electrons. The maximum absolute atomic E-state index is 12.7. The molecule has 3 rings (SSSR count). The Balaban J connectivity index is 1.71. The number of carbonyl (C=O) groups is 1. The molecule has 0 radical (unpaired) electrons. The van der Waals surface area contributed by atoms with Crippen molar-refractivity contribution in [2.45, 2.75) is 65.7 Å². The molecular formula is C24H31ClN4O. The number of hydrogen-bond acceptors (Lipinski definition) is 3. The van der Waals surface area contributed by atoms with Crippen LogP contribution in [0.1, 0.15) is 78.3 Å². The summed E-state index contributed by atoms with van der Waals surface area (Å²) >= 11 is 6.34. The summed E-state index contributed by atoms with van der Waals surface area (Å²) in [6.07, 6.45) is 9.49. The maximum atomic E-state index is 12.7. The summed E-state index contributed by atoms with van der Waals surface area (Å²) in [7, 11) is 0. The lowest BCUT2D eigenvalue weighted by Crippen LogP contribution is -2.24. The summed E-state index contributed by atoms with van der Waals surface area (Å²) in [4.78, 5) is 17.4. The summed E-state index contributed by atoms with van der Waals surface area (Å²) in [6.45, 7) is 6.89. The average Bonchev–Trinajstić information content (AvgIpc) is 3.15. The highest BCUT2D eigenvalue weighted by Crippen LogP contribution is 2.24. The van der Waals surface area contributed by atoms with Gasteiger partial charge in [-0.3, -0.25) is 4.79 Å². The van der Waals surface area contributed by atoms with Gasteiger partial charge in [-0.05, 0) is 37.5 Å². The summed E-state index contributed by atoms with van der Waals surface area (Å²) in [5.74, 6) is -0.108. The molecule has 2 heterocycles. The molecule has 6 heteroatoms. The Morgan fingerprint density at radius 2 is 1.83 bits per heavy atom. The van der Waals surface area contributed by atoms with Gasteiger partial charge in [0.05, 0.1) is 6.20 Å². The van der Waals surface area contributed by atoms with Crippen LogP contribution in [0.25, 0.3) is 5.65 Å². The Bertz CT molecular complexity index is 1010. The molecule has 0 fully saturated rings. The summed E-state index contributed by atoms with van der Waals surface area (Å²) in [5.41, 5.74) is 5.14. The van der Waals surface area contributed by atoms with Gasteiger partial charge < -0.3 is 5.32 Å². The molecule has 0 saturated heterocycles. The molecule has 0 saturated carbocycles. The van der Waals surface area contributed by atoms with Gasteiger partial charge in [0.2, 0.25) is 0 Å². The Kier molecular flexibility index (Phi) is 7.86. The van der Waals surface area contributed by atoms with E-state index in [-0.39, 0.29) is 5.91 Å². The van der Waals surface area contributed by atoms with Gasteiger partial charge in [0, 0.05) is 29.4 Å². The Labute approximate surface area is 183 Å². The third kappa shape index (κ3) is 5.20. The first-order chi connectivity index (χ1) is 14.5. The normalized spacial score (nSPS) is 11.2. The van der Waals surface area contributed by atoms with E-state index in [1.165, 1.54) is 25.7 Å². The van der Waals surface area contributed by atoms with Crippen LogP contribution in [0.4, 0.5) is 0 Å². The number of aryl methyl sites for hydroxylation is 2. The average molecular weight is 427 g/mol. The smallest absolute Gasteiger partial charge is 0.256 e. The highest BCUT2D eigenvalue weighted by molar-refractivity contribution is 6.31. The second-order valence-electron chi connectivity index (χ2n) is 7.85. The first-order valence-electron chi connectivity index (χ1n) is 10.9. The summed E-state index contributed by atoms with van der Waals surface area (Å²) in [5, 5.41) is 8.21. The predicted molar refractivity (Wildman–Crippen MR) is 122 cm³/mol. The molecule has 3 aromatic rings. The molecule has 0 atom stereocenters. The number of fused-ring (bicyclic) bond motifs is 1. The molecule has 0 aliphatic heterocycles. The largest absolute Gasteiger partial charge is 0.352 e. The van der Waals surface area contributed by atoms with E-state index in [4.69, 9.17) is 16.6 Å². The number of amides is 1. The first-order valence-corrected chi connectivity index (χ1v) is 11.3. The number of carbonyl (C=O) groups excluding carboxylic acids is 1. The standard InChI is InChI=1S/C24H31ClN4O/c1-4-5-6-7-8-11-14-26-24(30)21-16-27-29-18(3)20(17(2)28-23(21)29)15-19-12-9-10-13-22(19)25/h9-10,12-13,16H,4-8,11,14-15H2,1-3H3,(H,26,30). The van der Waals surface area contributed by atoms with E-state index < -0.39 is 0 Å². The molecule has 1 N–H and O–H groups in total. The number of nitrogens with zero attached hydrogens (tertiary/aromatic N) is 3. The van der Waals surface area contributed by atoms with Crippen molar-refractivity contribution in [3.63, 3.8) is 0 Å². The Morgan fingerprint density at radius 1 is 1.10 bits per heavy atom. The third-order valence-corrected chi connectivity index (χ3v) is 5.96. The predicted octanol–water partition coefficient (Wildman–Crippen LogP) is 5.68. The molecule has 0 spiro atoms. The van der Waals surface area contributed by atoms with Crippen LogP contribution in [-0.2, 0) is 6.42 Å². The van der Waals surface area contributed by atoms with E-state index in [9.17, 15) is 4.79 Å². The summed E-state index contributed by atoms with van der Waals surface area (Å²) < 4.78 is 1.76. The second kappa shape index (κ2) is 10.6. The lowest BCUT2D eigenvalue weighted by molar-refractivity contribution is 0.0954. The van der Waals surface area contributed by atoms with Crippen LogP contribution in [0.15, 0.2) is 30.5 Å². The van der Waals surface area contributed by atoms with E-state index in [1.54, 1.807) is 10.7 Å². The molecule has 0 unspecified atom stereocenters. The van der Waals surface area contributed by atoms with E-state index in [1.807, 2.05) is 38.1 Å². The van der Waals surface area contributed by atoms with E-state index >= 15 is 0 Å². The SMILES string of the molecule is CCCCCCCCNC(=O)c1cnn2c(C)c(Cc3ccccc3Cl)c(C)nc12. The van der Waals surface area contributed by atoms with Gasteiger partial charge in [0.25, 0.3) is 5.91 Å². The highest BCUT2D eigenvalue weighted by atomic mass is 35.5. The van der Waals surface area contributed by atoms with E-state index in [0.717, 1.165) is 40.4 Å². The van der Waals surface area contributed by atoms with Crippen LogP contribution < -0.4 is 5.32 Å². The number of benzene rings is 1. The number of nitrogens with one attached hydrogen (secondary N) is 1. The van der Waals surface area contributed by atoms with Gasteiger partial charge >= 0.3 is 0 Å². The van der Waals surface area contributed by atoms with Crippen LogP contribution in [0.2, 0.25) is 5.02 Å². The fourth-order valence-electron chi connectivity index (χ4n) is 3.76. The quantitative estimate of drug-likeness (QED) is 0.424. The van der Waals surface area contributed by atoms with Crippen molar-refractivity contribution in [3.05, 3.63) is 63.6 Å². The zero-order valence-corrected chi connectivity index (χ0v) is 18.9. The Hall–Kier alpha value is -2.40. The van der Waals surface area contributed by atoms with Crippen LogP contribution in [0, 0.1) is 13.8 Å². The highest BCUT2D eigenvalue weighted by Gasteiger charge is 2.18. The van der Waals surface area contributed by atoms with Crippen molar-refractivity contribution in [1.29, 1.82) is 0 Å². The number of aromatic nitrogens is 3. The van der Waals surface area contributed by atoms with Crippen molar-refractivity contribution in [2.75, 3.05) is 6.54 Å².